The van der Waals surface area contributed by atoms with E-state index in [4.69, 9.17) is 5.90 Å². The maximum atomic E-state index is 10.8. The molecular weight excluding hydrogens is 330 g/mol. The molecule has 1 aromatic rings. The SMILES string of the molecule is NOC(=O)CCC[C@H](O)C#C/C=C/C=C/[C@H](O)CC#Cc1ccccc1. The van der Waals surface area contributed by atoms with Gasteiger partial charge in [-0.2, -0.15) is 5.90 Å². The fourth-order valence-corrected chi connectivity index (χ4v) is 1.86. The topological polar surface area (TPSA) is 92.8 Å². The van der Waals surface area contributed by atoms with Crippen molar-refractivity contribution >= 4 is 5.97 Å². The van der Waals surface area contributed by atoms with Crippen molar-refractivity contribution in [2.24, 2.45) is 5.90 Å². The second kappa shape index (κ2) is 13.5. The predicted molar refractivity (Wildman–Crippen MR) is 100 cm³/mol. The maximum absolute atomic E-state index is 10.8. The van der Waals surface area contributed by atoms with Gasteiger partial charge in [-0.3, -0.25) is 4.79 Å². The molecule has 0 heterocycles. The summed E-state index contributed by atoms with van der Waals surface area (Å²) in [6.45, 7) is 0. The van der Waals surface area contributed by atoms with Gasteiger partial charge in [0.25, 0.3) is 0 Å². The summed E-state index contributed by atoms with van der Waals surface area (Å²) in [4.78, 5) is 14.8. The van der Waals surface area contributed by atoms with E-state index in [1.807, 2.05) is 30.3 Å². The van der Waals surface area contributed by atoms with Crippen molar-refractivity contribution in [1.82, 2.24) is 0 Å². The standard InChI is InChI=1S/C21H23NO4/c22-26-21(25)17-9-16-20(24)14-7-2-1-6-13-19(23)15-8-12-18-10-4-3-5-11-18/h1-6,10-11,13,19-20,23-24H,9,15-17,22H2/b2-1+,13-6+/t19-,20+/m0/s1. The quantitative estimate of drug-likeness (QED) is 0.395. The van der Waals surface area contributed by atoms with Crippen LogP contribution in [0, 0.1) is 23.7 Å². The van der Waals surface area contributed by atoms with Crippen molar-refractivity contribution in [3.05, 3.63) is 60.2 Å². The molecule has 1 rings (SSSR count). The van der Waals surface area contributed by atoms with Crippen molar-refractivity contribution in [3.63, 3.8) is 0 Å². The fourth-order valence-electron chi connectivity index (χ4n) is 1.86. The second-order valence-electron chi connectivity index (χ2n) is 5.37. The molecule has 0 saturated heterocycles. The Balaban J connectivity index is 2.26. The Hall–Kier alpha value is -2.83. The van der Waals surface area contributed by atoms with E-state index in [1.54, 1.807) is 24.3 Å². The summed E-state index contributed by atoms with van der Waals surface area (Å²) in [7, 11) is 0. The van der Waals surface area contributed by atoms with Crippen LogP contribution in [0.3, 0.4) is 0 Å². The minimum absolute atomic E-state index is 0.152. The molecular formula is C21H23NO4. The van der Waals surface area contributed by atoms with Crippen LogP contribution >= 0.6 is 0 Å². The van der Waals surface area contributed by atoms with Crippen LogP contribution < -0.4 is 5.90 Å². The molecule has 0 aliphatic rings. The number of allylic oxidation sites excluding steroid dienone is 3. The molecule has 5 heteroatoms. The lowest BCUT2D eigenvalue weighted by molar-refractivity contribution is -0.144. The van der Waals surface area contributed by atoms with E-state index in [0.717, 1.165) is 5.56 Å². The Bertz CT molecular complexity index is 717. The molecule has 1 aromatic carbocycles. The smallest absolute Gasteiger partial charge is 0.324 e. The van der Waals surface area contributed by atoms with Crippen LogP contribution in [0.5, 0.6) is 0 Å². The van der Waals surface area contributed by atoms with E-state index in [2.05, 4.69) is 28.5 Å². The van der Waals surface area contributed by atoms with E-state index in [9.17, 15) is 15.0 Å². The molecule has 0 aromatic heterocycles. The molecule has 5 nitrogen and oxygen atoms in total. The van der Waals surface area contributed by atoms with E-state index in [1.165, 1.54) is 0 Å². The molecule has 136 valence electrons. The molecule has 0 spiro atoms. The third kappa shape index (κ3) is 10.9. The molecule has 4 N–H and O–H groups in total. The van der Waals surface area contributed by atoms with Crippen LogP contribution in [0.4, 0.5) is 0 Å². The zero-order valence-electron chi connectivity index (χ0n) is 14.5. The molecule has 0 radical (unpaired) electrons. The van der Waals surface area contributed by atoms with Crippen LogP contribution in [0.1, 0.15) is 31.2 Å². The summed E-state index contributed by atoms with van der Waals surface area (Å²) in [5, 5.41) is 19.4. The first-order valence-electron chi connectivity index (χ1n) is 8.26. The molecule has 0 amide bonds. The summed E-state index contributed by atoms with van der Waals surface area (Å²) < 4.78 is 0. The number of benzene rings is 1. The molecule has 0 fully saturated rings. The van der Waals surface area contributed by atoms with Gasteiger partial charge in [-0.05, 0) is 31.1 Å². The first-order valence-corrected chi connectivity index (χ1v) is 8.26. The third-order valence-corrected chi connectivity index (χ3v) is 3.18. The lowest BCUT2D eigenvalue weighted by Crippen LogP contribution is -2.11. The zero-order chi connectivity index (χ0) is 19.0. The van der Waals surface area contributed by atoms with Gasteiger partial charge in [-0.15, -0.1) is 0 Å². The van der Waals surface area contributed by atoms with Gasteiger partial charge < -0.3 is 15.1 Å². The molecule has 0 saturated carbocycles. The number of nitrogens with two attached hydrogens (primary N) is 1. The summed E-state index contributed by atoms with van der Waals surface area (Å²) in [6.07, 6.45) is 6.37. The molecule has 0 aliphatic carbocycles. The predicted octanol–water partition coefficient (Wildman–Crippen LogP) is 1.85. The van der Waals surface area contributed by atoms with Gasteiger partial charge in [0.15, 0.2) is 0 Å². The van der Waals surface area contributed by atoms with Crippen molar-refractivity contribution in [3.8, 4) is 23.7 Å². The van der Waals surface area contributed by atoms with Gasteiger partial charge in [-0.25, -0.2) is 0 Å². The summed E-state index contributed by atoms with van der Waals surface area (Å²) in [5.74, 6) is 15.4. The molecule has 26 heavy (non-hydrogen) atoms. The average molecular weight is 353 g/mol. The van der Waals surface area contributed by atoms with Gasteiger partial charge in [0.2, 0.25) is 0 Å². The Morgan fingerprint density at radius 1 is 1.23 bits per heavy atom. The molecule has 0 bridgehead atoms. The third-order valence-electron chi connectivity index (χ3n) is 3.18. The van der Waals surface area contributed by atoms with Crippen LogP contribution in [-0.4, -0.2) is 28.4 Å². The normalized spacial score (nSPS) is 12.7. The minimum atomic E-state index is -0.812. The monoisotopic (exact) mass is 353 g/mol. The van der Waals surface area contributed by atoms with Crippen molar-refractivity contribution in [2.45, 2.75) is 37.9 Å². The largest absolute Gasteiger partial charge is 0.388 e. The number of carbonyl (C=O) groups is 1. The highest BCUT2D eigenvalue weighted by atomic mass is 16.7. The van der Waals surface area contributed by atoms with Gasteiger partial charge in [0.05, 0.1) is 6.10 Å². The summed E-state index contributed by atoms with van der Waals surface area (Å²) in [6, 6.07) is 9.58. The number of hydrogen-bond donors (Lipinski definition) is 3. The van der Waals surface area contributed by atoms with Crippen molar-refractivity contribution in [1.29, 1.82) is 0 Å². The Morgan fingerprint density at radius 2 is 2.00 bits per heavy atom. The van der Waals surface area contributed by atoms with Gasteiger partial charge in [-0.1, -0.05) is 60.1 Å². The van der Waals surface area contributed by atoms with Crippen molar-refractivity contribution < 1.29 is 19.8 Å². The number of aliphatic hydroxyl groups is 2. The highest BCUT2D eigenvalue weighted by Crippen LogP contribution is 2.01. The summed E-state index contributed by atoms with van der Waals surface area (Å²) >= 11 is 0. The fraction of sp³-hybridized carbons (Fsp3) is 0.286. The van der Waals surface area contributed by atoms with Crippen LogP contribution in [-0.2, 0) is 9.63 Å². The number of aliphatic hydroxyl groups excluding tert-OH is 2. The highest BCUT2D eigenvalue weighted by molar-refractivity contribution is 5.68. The number of hydrogen-bond acceptors (Lipinski definition) is 5. The van der Waals surface area contributed by atoms with Crippen LogP contribution in [0.25, 0.3) is 0 Å². The number of rotatable bonds is 7. The minimum Gasteiger partial charge on any atom is -0.388 e. The zero-order valence-corrected chi connectivity index (χ0v) is 14.5. The summed E-state index contributed by atoms with van der Waals surface area (Å²) in [5.41, 5.74) is 0.914. The van der Waals surface area contributed by atoms with Crippen LogP contribution in [0.15, 0.2) is 54.6 Å². The van der Waals surface area contributed by atoms with Gasteiger partial charge in [0, 0.05) is 18.4 Å². The van der Waals surface area contributed by atoms with E-state index >= 15 is 0 Å². The van der Waals surface area contributed by atoms with Gasteiger partial charge >= 0.3 is 5.97 Å². The van der Waals surface area contributed by atoms with E-state index in [0.29, 0.717) is 19.3 Å². The maximum Gasteiger partial charge on any atom is 0.324 e. The second-order valence-corrected chi connectivity index (χ2v) is 5.37. The number of carbonyl (C=O) groups excluding carboxylic acids is 1. The van der Waals surface area contributed by atoms with Gasteiger partial charge in [0.1, 0.15) is 6.10 Å². The van der Waals surface area contributed by atoms with E-state index in [-0.39, 0.29) is 6.42 Å². The molecule has 0 unspecified atom stereocenters. The van der Waals surface area contributed by atoms with E-state index < -0.39 is 18.2 Å². The Kier molecular flexibility index (Phi) is 11.0. The Morgan fingerprint density at radius 3 is 2.73 bits per heavy atom. The molecule has 2 atom stereocenters. The average Bonchev–Trinajstić information content (AvgIpc) is 2.65. The Labute approximate surface area is 154 Å². The lowest BCUT2D eigenvalue weighted by Gasteiger charge is -2.01. The van der Waals surface area contributed by atoms with Crippen LogP contribution in [0.2, 0.25) is 0 Å². The lowest BCUT2D eigenvalue weighted by atomic mass is 10.1. The highest BCUT2D eigenvalue weighted by Gasteiger charge is 2.03. The van der Waals surface area contributed by atoms with Crippen molar-refractivity contribution in [2.75, 3.05) is 0 Å². The first kappa shape index (κ1) is 21.2. The molecule has 0 aliphatic heterocycles. The first-order chi connectivity index (χ1) is 12.6.